The summed E-state index contributed by atoms with van der Waals surface area (Å²) in [4.78, 5) is 13.7. The molecule has 1 aliphatic carbocycles. The number of hydrogen-bond donors (Lipinski definition) is 1. The van der Waals surface area contributed by atoms with Crippen LogP contribution in [0.1, 0.15) is 60.2 Å². The molecule has 0 radical (unpaired) electrons. The van der Waals surface area contributed by atoms with Crippen LogP contribution in [0.5, 0.6) is 0 Å². The Morgan fingerprint density at radius 2 is 1.90 bits per heavy atom. The maximum Gasteiger partial charge on any atom is 0.337 e. The molecule has 0 bridgehead atoms. The van der Waals surface area contributed by atoms with Crippen molar-refractivity contribution in [1.82, 2.24) is 9.72 Å². The second kappa shape index (κ2) is 10.3. The average Bonchev–Trinajstić information content (AvgIpc) is 3.59. The lowest BCUT2D eigenvalue weighted by molar-refractivity contribution is -0.00757. The number of aromatic carboxylic acids is 1. The van der Waals surface area contributed by atoms with Gasteiger partial charge in [-0.3, -0.25) is 0 Å². The average molecular weight is 554 g/mol. The molecule has 2 fully saturated rings. The van der Waals surface area contributed by atoms with Crippen molar-refractivity contribution < 1.29 is 32.3 Å². The van der Waals surface area contributed by atoms with Crippen LogP contribution in [-0.2, 0) is 17.9 Å². The van der Waals surface area contributed by atoms with Crippen molar-refractivity contribution in [3.8, 4) is 11.3 Å². The molecular formula is C30H30F3N3O4. The Hall–Kier alpha value is -3.79. The Balaban J connectivity index is 1.13. The number of benzene rings is 2. The quantitative estimate of drug-likeness (QED) is 0.249. The van der Waals surface area contributed by atoms with Gasteiger partial charge in [0, 0.05) is 61.2 Å². The van der Waals surface area contributed by atoms with E-state index in [1.807, 2.05) is 29.7 Å². The molecule has 4 aromatic rings. The molecule has 1 saturated carbocycles. The summed E-state index contributed by atoms with van der Waals surface area (Å²) in [6.45, 7) is 3.32. The van der Waals surface area contributed by atoms with Crippen molar-refractivity contribution in [2.24, 2.45) is 0 Å². The molecule has 0 atom stereocenters. The van der Waals surface area contributed by atoms with Gasteiger partial charge >= 0.3 is 5.97 Å². The third-order valence-electron chi connectivity index (χ3n) is 8.04. The summed E-state index contributed by atoms with van der Waals surface area (Å²) >= 11 is 0. The minimum Gasteiger partial charge on any atom is -0.478 e. The smallest absolute Gasteiger partial charge is 0.337 e. The Morgan fingerprint density at radius 3 is 2.55 bits per heavy atom. The number of carboxylic acid groups (broad SMARTS) is 1. The fraction of sp³-hybridized carbons (Fsp3) is 0.400. The number of piperidine rings is 1. The second-order valence-electron chi connectivity index (χ2n) is 10.7. The molecule has 2 aromatic heterocycles. The van der Waals surface area contributed by atoms with Crippen LogP contribution in [0, 0.1) is 11.6 Å². The van der Waals surface area contributed by atoms with Crippen molar-refractivity contribution in [1.29, 1.82) is 0 Å². The molecule has 10 heteroatoms. The number of nitrogens with zero attached hydrogens (tertiary/aromatic N) is 3. The van der Waals surface area contributed by atoms with E-state index in [-0.39, 0.29) is 48.8 Å². The monoisotopic (exact) mass is 553 g/mol. The first-order valence-corrected chi connectivity index (χ1v) is 13.6. The van der Waals surface area contributed by atoms with Crippen LogP contribution >= 0.6 is 0 Å². The van der Waals surface area contributed by atoms with Gasteiger partial charge in [0.25, 0.3) is 0 Å². The van der Waals surface area contributed by atoms with Crippen molar-refractivity contribution in [2.45, 2.75) is 57.3 Å². The van der Waals surface area contributed by atoms with Gasteiger partial charge < -0.3 is 23.8 Å². The summed E-state index contributed by atoms with van der Waals surface area (Å²) in [6.07, 6.45) is 3.93. The lowest BCUT2D eigenvalue weighted by Gasteiger charge is -2.37. The molecule has 210 valence electrons. The lowest BCUT2D eigenvalue weighted by atomic mass is 9.93. The predicted molar refractivity (Wildman–Crippen MR) is 143 cm³/mol. The van der Waals surface area contributed by atoms with Crippen LogP contribution < -0.4 is 4.90 Å². The van der Waals surface area contributed by atoms with Gasteiger partial charge in [0.05, 0.1) is 29.9 Å². The molecule has 0 spiro atoms. The second-order valence-corrected chi connectivity index (χ2v) is 10.7. The van der Waals surface area contributed by atoms with Crippen molar-refractivity contribution in [3.05, 3.63) is 71.1 Å². The molecule has 0 unspecified atom stereocenters. The van der Waals surface area contributed by atoms with Gasteiger partial charge in [0.2, 0.25) is 0 Å². The third-order valence-corrected chi connectivity index (χ3v) is 8.04. The molecule has 0 amide bonds. The van der Waals surface area contributed by atoms with Crippen LogP contribution in [0.4, 0.5) is 18.9 Å². The van der Waals surface area contributed by atoms with Gasteiger partial charge in [0.15, 0.2) is 0 Å². The molecule has 3 heterocycles. The molecule has 1 aliphatic heterocycles. The van der Waals surface area contributed by atoms with Crippen molar-refractivity contribution in [3.63, 3.8) is 0 Å². The highest BCUT2D eigenvalue weighted by atomic mass is 19.1. The van der Waals surface area contributed by atoms with Crippen LogP contribution in [0.15, 0.2) is 47.1 Å². The number of halogens is 3. The first-order valence-electron chi connectivity index (χ1n) is 13.6. The zero-order valence-corrected chi connectivity index (χ0v) is 22.1. The Bertz CT molecular complexity index is 1550. The Morgan fingerprint density at radius 1 is 1.18 bits per heavy atom. The van der Waals surface area contributed by atoms with Gasteiger partial charge in [-0.2, -0.15) is 0 Å². The number of aromatic nitrogens is 2. The van der Waals surface area contributed by atoms with E-state index in [4.69, 9.17) is 9.26 Å². The van der Waals surface area contributed by atoms with Gasteiger partial charge in [-0.1, -0.05) is 11.2 Å². The van der Waals surface area contributed by atoms with E-state index in [0.717, 1.165) is 24.0 Å². The first-order chi connectivity index (χ1) is 19.3. The molecular weight excluding hydrogens is 523 g/mol. The molecule has 2 aromatic carbocycles. The minimum atomic E-state index is -1.55. The van der Waals surface area contributed by atoms with Gasteiger partial charge in [-0.25, -0.2) is 18.0 Å². The van der Waals surface area contributed by atoms with Crippen LogP contribution in [0.3, 0.4) is 0 Å². The highest BCUT2D eigenvalue weighted by molar-refractivity contribution is 6.04. The Kier molecular flexibility index (Phi) is 6.82. The summed E-state index contributed by atoms with van der Waals surface area (Å²) in [5, 5.41) is 14.2. The number of ether oxygens (including phenoxy) is 1. The zero-order valence-electron chi connectivity index (χ0n) is 22.1. The molecule has 1 saturated heterocycles. The van der Waals surface area contributed by atoms with E-state index in [2.05, 4.69) is 10.1 Å². The molecule has 7 nitrogen and oxygen atoms in total. The zero-order chi connectivity index (χ0) is 28.0. The summed E-state index contributed by atoms with van der Waals surface area (Å²) in [5.74, 6) is -1.76. The van der Waals surface area contributed by atoms with E-state index in [1.165, 1.54) is 18.2 Å². The number of carboxylic acids is 1. The van der Waals surface area contributed by atoms with Gasteiger partial charge in [-0.15, -0.1) is 0 Å². The highest BCUT2D eigenvalue weighted by Crippen LogP contribution is 2.45. The molecule has 1 N–H and O–H groups in total. The number of rotatable bonds is 9. The molecule has 40 heavy (non-hydrogen) atoms. The number of carbonyl (C=O) groups is 1. The topological polar surface area (TPSA) is 80.7 Å². The van der Waals surface area contributed by atoms with Crippen molar-refractivity contribution >= 4 is 22.6 Å². The number of alkyl halides is 1. The summed E-state index contributed by atoms with van der Waals surface area (Å²) in [6, 6.07) is 9.28. The van der Waals surface area contributed by atoms with Crippen LogP contribution in [0.2, 0.25) is 0 Å². The fourth-order valence-corrected chi connectivity index (χ4v) is 5.60. The highest BCUT2D eigenvalue weighted by Gasteiger charge is 2.37. The predicted octanol–water partition coefficient (Wildman–Crippen LogP) is 6.70. The van der Waals surface area contributed by atoms with Crippen LogP contribution in [0.25, 0.3) is 22.2 Å². The van der Waals surface area contributed by atoms with Crippen molar-refractivity contribution in [2.75, 3.05) is 24.6 Å². The number of hydrogen-bond acceptors (Lipinski definition) is 5. The third kappa shape index (κ3) is 4.85. The van der Waals surface area contributed by atoms with Crippen LogP contribution in [-0.4, -0.2) is 46.2 Å². The first kappa shape index (κ1) is 26.4. The van der Waals surface area contributed by atoms with E-state index in [0.29, 0.717) is 36.3 Å². The summed E-state index contributed by atoms with van der Waals surface area (Å²) in [7, 11) is 0. The number of anilines is 1. The lowest BCUT2D eigenvalue weighted by Crippen LogP contribution is -2.44. The maximum absolute atomic E-state index is 15.8. The standard InChI is InChI=1S/C30H30F3N3O4/c1-2-35-15-21(29(37)38)20-9-8-19(14-25(20)35)36-12-10-30(33,11-13-36)17-39-16-22-27(34-40-28(22)18-6-7-18)26-23(31)4-3-5-24(26)32/h3-5,8-9,14-15,18H,2,6-7,10-13,16-17H2,1H3,(H,37,38). The van der Waals surface area contributed by atoms with Gasteiger partial charge in [0.1, 0.15) is 28.8 Å². The maximum atomic E-state index is 15.8. The largest absolute Gasteiger partial charge is 0.478 e. The van der Waals surface area contributed by atoms with Gasteiger partial charge in [-0.05, 0) is 50.1 Å². The van der Waals surface area contributed by atoms with E-state index in [1.54, 1.807) is 6.20 Å². The minimum absolute atomic E-state index is 0.0512. The number of fused-ring (bicyclic) bond motifs is 1. The fourth-order valence-electron chi connectivity index (χ4n) is 5.60. The molecule has 2 aliphatic rings. The number of aryl methyl sites for hydroxylation is 1. The van der Waals surface area contributed by atoms with E-state index in [9.17, 15) is 18.7 Å². The normalized spacial score (nSPS) is 17.1. The Labute approximate surface area is 229 Å². The SMILES string of the molecule is CCn1cc(C(=O)O)c2ccc(N3CCC(F)(COCc4c(-c5c(F)cccc5F)noc4C4CC4)CC3)cc21. The molecule has 6 rings (SSSR count). The summed E-state index contributed by atoms with van der Waals surface area (Å²) < 4.78 is 58.0. The summed E-state index contributed by atoms with van der Waals surface area (Å²) in [5.41, 5.74) is 0.734. The van der Waals surface area contributed by atoms with E-state index < -0.39 is 23.3 Å². The van der Waals surface area contributed by atoms with E-state index >= 15 is 4.39 Å².